The molecule has 2 saturated heterocycles. The topological polar surface area (TPSA) is 32.3 Å². The molecule has 4 heterocycles. The lowest BCUT2D eigenvalue weighted by molar-refractivity contribution is 0.264. The van der Waals surface area contributed by atoms with Crippen LogP contribution in [0.15, 0.2) is 5.03 Å². The zero-order valence-electron chi connectivity index (χ0n) is 11.7. The molecule has 2 atom stereocenters. The second kappa shape index (κ2) is 5.04. The van der Waals surface area contributed by atoms with E-state index >= 15 is 0 Å². The first-order valence-electron chi connectivity index (χ1n) is 7.40. The molecule has 20 heavy (non-hydrogen) atoms. The minimum absolute atomic E-state index is 0.548. The van der Waals surface area contributed by atoms with Gasteiger partial charge in [0.15, 0.2) is 0 Å². The predicted molar refractivity (Wildman–Crippen MR) is 83.0 cm³/mol. The molecule has 2 fully saturated rings. The highest BCUT2D eigenvalue weighted by atomic mass is 35.5. The molecule has 3 aliphatic rings. The van der Waals surface area contributed by atoms with Gasteiger partial charge in [0.1, 0.15) is 10.2 Å². The summed E-state index contributed by atoms with van der Waals surface area (Å²) >= 11 is 8.41. The third-order valence-corrected chi connectivity index (χ3v) is 6.24. The number of hydrogen-bond donors (Lipinski definition) is 0. The predicted octanol–water partition coefficient (Wildman–Crippen LogP) is 2.62. The number of thioether (sulfide) groups is 1. The maximum absolute atomic E-state index is 6.50. The second-order valence-corrected chi connectivity index (χ2v) is 7.63. The van der Waals surface area contributed by atoms with Gasteiger partial charge in [0.05, 0.1) is 0 Å². The molecule has 1 aromatic heterocycles. The molecule has 4 nitrogen and oxygen atoms in total. The van der Waals surface area contributed by atoms with Crippen LogP contribution >= 0.6 is 23.4 Å². The molecule has 0 radical (unpaired) electrons. The monoisotopic (exact) mass is 310 g/mol. The van der Waals surface area contributed by atoms with E-state index in [9.17, 15) is 0 Å². The Hall–Kier alpha value is -0.520. The van der Waals surface area contributed by atoms with Gasteiger partial charge in [-0.25, -0.2) is 9.97 Å². The second-order valence-electron chi connectivity index (χ2n) is 6.04. The molecule has 6 heteroatoms. The van der Waals surface area contributed by atoms with Crippen molar-refractivity contribution in [1.82, 2.24) is 14.9 Å². The third-order valence-electron chi connectivity index (χ3n) is 4.64. The maximum atomic E-state index is 6.50. The van der Waals surface area contributed by atoms with Crippen molar-refractivity contribution in [2.45, 2.75) is 35.5 Å². The smallest absolute Gasteiger partial charge is 0.227 e. The van der Waals surface area contributed by atoms with Gasteiger partial charge in [-0.3, -0.25) is 0 Å². The molecular formula is C14H19ClN4S. The fraction of sp³-hybridized carbons (Fsp3) is 0.714. The van der Waals surface area contributed by atoms with Crippen LogP contribution in [0.4, 0.5) is 5.95 Å². The lowest BCUT2D eigenvalue weighted by atomic mass is 9.91. The van der Waals surface area contributed by atoms with Crippen LogP contribution in [0.2, 0.25) is 5.15 Å². The zero-order valence-corrected chi connectivity index (χ0v) is 13.3. The number of hydrogen-bond acceptors (Lipinski definition) is 5. The van der Waals surface area contributed by atoms with Crippen LogP contribution in [-0.4, -0.2) is 53.3 Å². The van der Waals surface area contributed by atoms with E-state index in [4.69, 9.17) is 16.6 Å². The van der Waals surface area contributed by atoms with Gasteiger partial charge in [-0.2, -0.15) is 0 Å². The molecule has 0 saturated carbocycles. The lowest BCUT2D eigenvalue weighted by Gasteiger charge is -2.31. The van der Waals surface area contributed by atoms with Gasteiger partial charge in [-0.1, -0.05) is 11.6 Å². The van der Waals surface area contributed by atoms with Gasteiger partial charge in [0, 0.05) is 36.4 Å². The van der Waals surface area contributed by atoms with Crippen LogP contribution in [0.3, 0.4) is 0 Å². The maximum Gasteiger partial charge on any atom is 0.227 e. The van der Waals surface area contributed by atoms with E-state index in [0.717, 1.165) is 37.2 Å². The Bertz CT molecular complexity index is 532. The molecule has 0 aromatic carbocycles. The summed E-state index contributed by atoms with van der Waals surface area (Å²) in [4.78, 5) is 14.1. The summed E-state index contributed by atoms with van der Waals surface area (Å²) in [5.41, 5.74) is 1.22. The minimum atomic E-state index is 0.548. The first-order valence-corrected chi connectivity index (χ1v) is 8.66. The van der Waals surface area contributed by atoms with Crippen LogP contribution in [0, 0.1) is 0 Å². The van der Waals surface area contributed by atoms with Crippen molar-refractivity contribution in [3.63, 3.8) is 0 Å². The molecule has 0 spiro atoms. The fourth-order valence-corrected chi connectivity index (χ4v) is 5.46. The average molecular weight is 311 g/mol. The summed E-state index contributed by atoms with van der Waals surface area (Å²) in [6.45, 7) is 4.40. The molecule has 0 aliphatic carbocycles. The van der Waals surface area contributed by atoms with Gasteiger partial charge < -0.3 is 9.80 Å². The molecule has 2 unspecified atom stereocenters. The Morgan fingerprint density at radius 1 is 1.20 bits per heavy atom. The highest BCUT2D eigenvalue weighted by molar-refractivity contribution is 8.00. The Morgan fingerprint density at radius 2 is 2.00 bits per heavy atom. The summed E-state index contributed by atoms with van der Waals surface area (Å²) in [5, 5.41) is 2.43. The number of halogens is 1. The first kappa shape index (κ1) is 13.2. The highest BCUT2D eigenvalue weighted by Crippen LogP contribution is 2.50. The minimum Gasteiger partial charge on any atom is -0.341 e. The highest BCUT2D eigenvalue weighted by Gasteiger charge is 2.40. The number of fused-ring (bicyclic) bond motifs is 3. The van der Waals surface area contributed by atoms with Crippen molar-refractivity contribution in [1.29, 1.82) is 0 Å². The number of nitrogens with zero attached hydrogens (tertiary/aromatic N) is 4. The van der Waals surface area contributed by atoms with Crippen LogP contribution in [0.25, 0.3) is 0 Å². The standard InChI is InChI=1S/C14H19ClN4S/c1-18-7-4-9-10(8-18)20-13-11(9)12(15)16-14(17-13)19-5-2-3-6-19/h9-10H,2-8H2,1H3. The van der Waals surface area contributed by atoms with Gasteiger partial charge in [0.25, 0.3) is 0 Å². The summed E-state index contributed by atoms with van der Waals surface area (Å²) < 4.78 is 0. The van der Waals surface area contributed by atoms with Crippen molar-refractivity contribution >= 4 is 29.3 Å². The molecule has 0 amide bonds. The normalized spacial score (nSPS) is 29.6. The van der Waals surface area contributed by atoms with Crippen molar-refractivity contribution in [2.75, 3.05) is 38.1 Å². The Balaban J connectivity index is 1.68. The van der Waals surface area contributed by atoms with Gasteiger partial charge in [-0.15, -0.1) is 11.8 Å². The Kier molecular flexibility index (Phi) is 3.32. The summed E-state index contributed by atoms with van der Waals surface area (Å²) in [6, 6.07) is 0. The molecule has 0 N–H and O–H groups in total. The van der Waals surface area contributed by atoms with Gasteiger partial charge >= 0.3 is 0 Å². The number of aromatic nitrogens is 2. The van der Waals surface area contributed by atoms with E-state index in [1.165, 1.54) is 24.8 Å². The number of anilines is 1. The molecule has 108 valence electrons. The van der Waals surface area contributed by atoms with Gasteiger partial charge in [0.2, 0.25) is 5.95 Å². The van der Waals surface area contributed by atoms with Crippen molar-refractivity contribution in [3.05, 3.63) is 10.7 Å². The van der Waals surface area contributed by atoms with Gasteiger partial charge in [-0.05, 0) is 32.9 Å². The summed E-state index contributed by atoms with van der Waals surface area (Å²) in [5.74, 6) is 1.39. The number of likely N-dealkylation sites (tertiary alicyclic amines) is 1. The largest absolute Gasteiger partial charge is 0.341 e. The SMILES string of the molecule is CN1CCC2c3c(Cl)nc(N4CCCC4)nc3SC2C1. The molecule has 1 aromatic rings. The van der Waals surface area contributed by atoms with Crippen molar-refractivity contribution in [2.24, 2.45) is 0 Å². The first-order chi connectivity index (χ1) is 9.72. The van der Waals surface area contributed by atoms with Crippen LogP contribution < -0.4 is 4.90 Å². The molecule has 3 aliphatic heterocycles. The number of rotatable bonds is 1. The van der Waals surface area contributed by atoms with Crippen LogP contribution in [-0.2, 0) is 0 Å². The van der Waals surface area contributed by atoms with E-state index in [1.807, 2.05) is 11.8 Å². The van der Waals surface area contributed by atoms with E-state index < -0.39 is 0 Å². The molecule has 4 rings (SSSR count). The number of piperidine rings is 1. The summed E-state index contributed by atoms with van der Waals surface area (Å²) in [6.07, 6.45) is 3.65. The zero-order chi connectivity index (χ0) is 13.7. The van der Waals surface area contributed by atoms with E-state index in [0.29, 0.717) is 16.3 Å². The average Bonchev–Trinajstić information content (AvgIpc) is 3.04. The van der Waals surface area contributed by atoms with Crippen LogP contribution in [0.1, 0.15) is 30.7 Å². The lowest BCUT2D eigenvalue weighted by Crippen LogP contribution is -2.36. The summed E-state index contributed by atoms with van der Waals surface area (Å²) in [7, 11) is 2.20. The van der Waals surface area contributed by atoms with Crippen LogP contribution in [0.5, 0.6) is 0 Å². The fourth-order valence-electron chi connectivity index (χ4n) is 3.54. The van der Waals surface area contributed by atoms with Crippen molar-refractivity contribution in [3.8, 4) is 0 Å². The quantitative estimate of drug-likeness (QED) is 0.745. The Morgan fingerprint density at radius 3 is 2.80 bits per heavy atom. The molecular weight excluding hydrogens is 292 g/mol. The van der Waals surface area contributed by atoms with E-state index in [-0.39, 0.29) is 0 Å². The molecule has 0 bridgehead atoms. The third kappa shape index (κ3) is 2.11. The Labute approximate surface area is 128 Å². The van der Waals surface area contributed by atoms with E-state index in [1.54, 1.807) is 0 Å². The van der Waals surface area contributed by atoms with E-state index in [2.05, 4.69) is 21.8 Å². The van der Waals surface area contributed by atoms with Crippen molar-refractivity contribution < 1.29 is 0 Å².